The van der Waals surface area contributed by atoms with Crippen molar-refractivity contribution in [1.82, 2.24) is 9.55 Å². The minimum atomic E-state index is -0.0331. The predicted molar refractivity (Wildman–Crippen MR) is 77.0 cm³/mol. The summed E-state index contributed by atoms with van der Waals surface area (Å²) in [5, 5.41) is 0. The molecule has 0 aromatic carbocycles. The van der Waals surface area contributed by atoms with Gasteiger partial charge in [-0.25, -0.2) is 0 Å². The minimum Gasteiger partial charge on any atom is -0.340 e. The monoisotopic (exact) mass is 276 g/mol. The Morgan fingerprint density at radius 3 is 2.74 bits per heavy atom. The van der Waals surface area contributed by atoms with E-state index >= 15 is 0 Å². The molecule has 0 aliphatic heterocycles. The first-order valence-electron chi connectivity index (χ1n) is 6.24. The van der Waals surface area contributed by atoms with Gasteiger partial charge in [0, 0.05) is 23.1 Å². The summed E-state index contributed by atoms with van der Waals surface area (Å²) in [5.74, 6) is -0.0170. The summed E-state index contributed by atoms with van der Waals surface area (Å²) < 4.78 is 2.13. The van der Waals surface area contributed by atoms with Crippen molar-refractivity contribution >= 4 is 17.4 Å². The first kappa shape index (κ1) is 13.8. The highest BCUT2D eigenvalue weighted by Gasteiger charge is 2.19. The second kappa shape index (κ2) is 5.57. The van der Waals surface area contributed by atoms with Crippen molar-refractivity contribution in [3.8, 4) is 0 Å². The lowest BCUT2D eigenvalue weighted by Crippen LogP contribution is -2.12. The molecule has 0 N–H and O–H groups in total. The number of hydrogen-bond donors (Lipinski definition) is 0. The molecule has 0 bridgehead atoms. The Morgan fingerprint density at radius 1 is 1.42 bits per heavy atom. The van der Waals surface area contributed by atoms with Gasteiger partial charge in [-0.3, -0.25) is 9.78 Å². The second-order valence-electron chi connectivity index (χ2n) is 4.64. The van der Waals surface area contributed by atoms with Gasteiger partial charge in [-0.2, -0.15) is 0 Å². The molecule has 1 atom stereocenters. The van der Waals surface area contributed by atoms with Crippen LogP contribution in [-0.4, -0.2) is 21.2 Å². The molecule has 2 aromatic rings. The van der Waals surface area contributed by atoms with Crippen LogP contribution < -0.4 is 0 Å². The van der Waals surface area contributed by atoms with Crippen LogP contribution in [0.4, 0.5) is 0 Å². The molecule has 0 spiro atoms. The molecule has 4 heteroatoms. The maximum absolute atomic E-state index is 11.8. The number of alkyl halides is 1. The fraction of sp³-hybridized carbons (Fsp3) is 0.333. The number of pyridine rings is 1. The third-order valence-corrected chi connectivity index (χ3v) is 3.65. The molecule has 100 valence electrons. The SMILES string of the molecule is Cc1cc(C(=O)CCl)c(C)n1C(C)c1ccccn1. The lowest BCUT2D eigenvalue weighted by atomic mass is 10.1. The Hall–Kier alpha value is -1.61. The van der Waals surface area contributed by atoms with Gasteiger partial charge < -0.3 is 4.57 Å². The summed E-state index contributed by atoms with van der Waals surface area (Å²) in [6.07, 6.45) is 1.78. The Bertz CT molecular complexity index is 590. The van der Waals surface area contributed by atoms with Crippen molar-refractivity contribution in [3.05, 3.63) is 53.1 Å². The number of aryl methyl sites for hydroxylation is 1. The van der Waals surface area contributed by atoms with Gasteiger partial charge in [0.15, 0.2) is 5.78 Å². The molecule has 0 radical (unpaired) electrons. The number of hydrogen-bond acceptors (Lipinski definition) is 2. The van der Waals surface area contributed by atoms with Crippen LogP contribution in [0.5, 0.6) is 0 Å². The minimum absolute atomic E-state index is 0.0161. The van der Waals surface area contributed by atoms with Gasteiger partial charge >= 0.3 is 0 Å². The van der Waals surface area contributed by atoms with E-state index in [2.05, 4.69) is 16.5 Å². The van der Waals surface area contributed by atoms with E-state index in [0.717, 1.165) is 17.1 Å². The number of carbonyl (C=O) groups excluding carboxylic acids is 1. The van der Waals surface area contributed by atoms with E-state index in [0.29, 0.717) is 5.56 Å². The van der Waals surface area contributed by atoms with E-state index in [-0.39, 0.29) is 17.7 Å². The Morgan fingerprint density at radius 2 is 2.16 bits per heavy atom. The van der Waals surface area contributed by atoms with Crippen LogP contribution in [0.1, 0.15) is 40.4 Å². The summed E-state index contributed by atoms with van der Waals surface area (Å²) in [5.41, 5.74) is 3.68. The number of nitrogens with zero attached hydrogens (tertiary/aromatic N) is 2. The average molecular weight is 277 g/mol. The normalized spacial score (nSPS) is 12.4. The maximum Gasteiger partial charge on any atom is 0.179 e. The molecule has 1 unspecified atom stereocenters. The maximum atomic E-state index is 11.8. The van der Waals surface area contributed by atoms with E-state index in [1.54, 1.807) is 6.20 Å². The zero-order valence-electron chi connectivity index (χ0n) is 11.4. The number of aromatic nitrogens is 2. The van der Waals surface area contributed by atoms with Crippen molar-refractivity contribution in [1.29, 1.82) is 0 Å². The van der Waals surface area contributed by atoms with Crippen molar-refractivity contribution in [2.24, 2.45) is 0 Å². The third-order valence-electron chi connectivity index (χ3n) is 3.41. The highest BCUT2D eigenvalue weighted by atomic mass is 35.5. The van der Waals surface area contributed by atoms with Crippen LogP contribution in [-0.2, 0) is 0 Å². The fourth-order valence-corrected chi connectivity index (χ4v) is 2.63. The summed E-state index contributed by atoms with van der Waals surface area (Å²) in [6, 6.07) is 7.86. The molecule has 19 heavy (non-hydrogen) atoms. The predicted octanol–water partition coefficient (Wildman–Crippen LogP) is 3.53. The van der Waals surface area contributed by atoms with Crippen LogP contribution in [0, 0.1) is 13.8 Å². The van der Waals surface area contributed by atoms with Crippen LogP contribution >= 0.6 is 11.6 Å². The number of halogens is 1. The molecule has 0 aliphatic rings. The second-order valence-corrected chi connectivity index (χ2v) is 4.91. The van der Waals surface area contributed by atoms with Gasteiger partial charge in [-0.1, -0.05) is 6.07 Å². The summed E-state index contributed by atoms with van der Waals surface area (Å²) in [4.78, 5) is 16.2. The first-order valence-corrected chi connectivity index (χ1v) is 6.78. The number of rotatable bonds is 4. The van der Waals surface area contributed by atoms with E-state index in [4.69, 9.17) is 11.6 Å². The number of carbonyl (C=O) groups is 1. The van der Waals surface area contributed by atoms with E-state index in [9.17, 15) is 4.79 Å². The molecule has 0 amide bonds. The highest BCUT2D eigenvalue weighted by Crippen LogP contribution is 2.24. The molecule has 2 aromatic heterocycles. The van der Waals surface area contributed by atoms with Crippen molar-refractivity contribution in [3.63, 3.8) is 0 Å². The van der Waals surface area contributed by atoms with Crippen LogP contribution in [0.15, 0.2) is 30.5 Å². The molecule has 2 rings (SSSR count). The van der Waals surface area contributed by atoms with Crippen molar-refractivity contribution in [2.75, 3.05) is 5.88 Å². The lowest BCUT2D eigenvalue weighted by molar-refractivity contribution is 0.102. The van der Waals surface area contributed by atoms with Gasteiger partial charge in [0.2, 0.25) is 0 Å². The van der Waals surface area contributed by atoms with E-state index < -0.39 is 0 Å². The van der Waals surface area contributed by atoms with Gasteiger partial charge in [-0.05, 0) is 39.0 Å². The van der Waals surface area contributed by atoms with Gasteiger partial charge in [0.25, 0.3) is 0 Å². The molecule has 3 nitrogen and oxygen atoms in total. The van der Waals surface area contributed by atoms with Crippen molar-refractivity contribution in [2.45, 2.75) is 26.8 Å². The Kier molecular flexibility index (Phi) is 4.05. The van der Waals surface area contributed by atoms with Crippen LogP contribution in [0.3, 0.4) is 0 Å². The average Bonchev–Trinajstić information content (AvgIpc) is 2.73. The number of Topliss-reactive ketones (excluding diaryl/α,β-unsaturated/α-hetero) is 1. The summed E-state index contributed by atoms with van der Waals surface area (Å²) in [6.45, 7) is 6.03. The molecule has 0 fully saturated rings. The molecule has 0 saturated heterocycles. The van der Waals surface area contributed by atoms with Gasteiger partial charge in [0.05, 0.1) is 17.6 Å². The molecular formula is C15H17ClN2O. The van der Waals surface area contributed by atoms with Gasteiger partial charge in [-0.15, -0.1) is 11.6 Å². The first-order chi connectivity index (χ1) is 9.06. The quantitative estimate of drug-likeness (QED) is 0.632. The van der Waals surface area contributed by atoms with Gasteiger partial charge in [0.1, 0.15) is 0 Å². The molecule has 0 saturated carbocycles. The third kappa shape index (κ3) is 2.56. The molecule has 2 heterocycles. The Labute approximate surface area is 118 Å². The molecule has 0 aliphatic carbocycles. The lowest BCUT2D eigenvalue weighted by Gasteiger charge is -2.18. The van der Waals surface area contributed by atoms with E-state index in [1.807, 2.05) is 38.1 Å². The summed E-state index contributed by atoms with van der Waals surface area (Å²) in [7, 11) is 0. The smallest absolute Gasteiger partial charge is 0.179 e. The van der Waals surface area contributed by atoms with E-state index in [1.165, 1.54) is 0 Å². The van der Waals surface area contributed by atoms with Crippen molar-refractivity contribution < 1.29 is 4.79 Å². The highest BCUT2D eigenvalue weighted by molar-refractivity contribution is 6.30. The fourth-order valence-electron chi connectivity index (χ4n) is 2.48. The topological polar surface area (TPSA) is 34.9 Å². The Balaban J connectivity index is 2.46. The number of ketones is 1. The summed E-state index contributed by atoms with van der Waals surface area (Å²) >= 11 is 5.65. The largest absolute Gasteiger partial charge is 0.340 e. The zero-order valence-corrected chi connectivity index (χ0v) is 12.1. The molecular weight excluding hydrogens is 260 g/mol. The van der Waals surface area contributed by atoms with Crippen LogP contribution in [0.25, 0.3) is 0 Å². The van der Waals surface area contributed by atoms with Crippen LogP contribution in [0.2, 0.25) is 0 Å². The zero-order chi connectivity index (χ0) is 14.0. The standard InChI is InChI=1S/C15H17ClN2O/c1-10-8-13(15(19)9-16)11(2)18(10)12(3)14-6-4-5-7-17-14/h4-8,12H,9H2,1-3H3.